The molecule has 0 atom stereocenters. The first-order valence-corrected chi connectivity index (χ1v) is 9.57. The van der Waals surface area contributed by atoms with Crippen molar-refractivity contribution in [3.05, 3.63) is 53.1 Å². The van der Waals surface area contributed by atoms with Gasteiger partial charge in [-0.15, -0.1) is 0 Å². The molecule has 0 radical (unpaired) electrons. The highest BCUT2D eigenvalue weighted by atomic mass is 35.5. The van der Waals surface area contributed by atoms with E-state index in [1.165, 1.54) is 7.11 Å². The van der Waals surface area contributed by atoms with Gasteiger partial charge in [0.15, 0.2) is 18.1 Å². The molecule has 3 rings (SSSR count). The quantitative estimate of drug-likeness (QED) is 0.721. The molecule has 2 aromatic rings. The highest BCUT2D eigenvalue weighted by Gasteiger charge is 2.25. The van der Waals surface area contributed by atoms with E-state index in [0.717, 1.165) is 0 Å². The molecular weight excluding hydrogens is 396 g/mol. The van der Waals surface area contributed by atoms with Gasteiger partial charge in [-0.3, -0.25) is 9.59 Å². The lowest BCUT2D eigenvalue weighted by Gasteiger charge is -2.34. The molecule has 2 aromatic carbocycles. The molecule has 0 aliphatic carbocycles. The van der Waals surface area contributed by atoms with Crippen molar-refractivity contribution in [1.29, 1.82) is 0 Å². The summed E-state index contributed by atoms with van der Waals surface area (Å²) in [4.78, 5) is 28.6. The van der Waals surface area contributed by atoms with E-state index < -0.39 is 0 Å². The van der Waals surface area contributed by atoms with E-state index in [1.807, 2.05) is 0 Å². The third-order valence-corrected chi connectivity index (χ3v) is 4.98. The molecule has 1 aliphatic rings. The Balaban J connectivity index is 1.52. The maximum Gasteiger partial charge on any atom is 0.260 e. The fraction of sp³-hybridized carbons (Fsp3) is 0.333. The van der Waals surface area contributed by atoms with Gasteiger partial charge in [-0.25, -0.2) is 0 Å². The molecule has 0 aromatic heterocycles. The second-order valence-corrected chi connectivity index (χ2v) is 6.92. The summed E-state index contributed by atoms with van der Waals surface area (Å²) in [5.74, 6) is 1.45. The number of halogens is 1. The number of nitrogens with zero attached hydrogens (tertiary/aromatic N) is 2. The van der Waals surface area contributed by atoms with Crippen LogP contribution in [0.25, 0.3) is 0 Å². The van der Waals surface area contributed by atoms with Crippen LogP contribution in [0.2, 0.25) is 5.02 Å². The minimum Gasteiger partial charge on any atom is -0.493 e. The summed E-state index contributed by atoms with van der Waals surface area (Å²) in [6.07, 6.45) is 0. The SMILES string of the molecule is COc1ccc(C(=O)N2CCN(C(=O)COc3ccc(Cl)cc3)CC2)cc1OC. The largest absolute Gasteiger partial charge is 0.493 e. The summed E-state index contributed by atoms with van der Waals surface area (Å²) < 4.78 is 16.0. The van der Waals surface area contributed by atoms with Crippen LogP contribution in [-0.4, -0.2) is 68.6 Å². The molecule has 1 aliphatic heterocycles. The predicted molar refractivity (Wildman–Crippen MR) is 109 cm³/mol. The monoisotopic (exact) mass is 418 g/mol. The van der Waals surface area contributed by atoms with Gasteiger partial charge in [-0.1, -0.05) is 11.6 Å². The molecule has 154 valence electrons. The van der Waals surface area contributed by atoms with Gasteiger partial charge >= 0.3 is 0 Å². The highest BCUT2D eigenvalue weighted by Crippen LogP contribution is 2.28. The molecule has 0 bridgehead atoms. The number of carbonyl (C=O) groups excluding carboxylic acids is 2. The van der Waals surface area contributed by atoms with Crippen LogP contribution < -0.4 is 14.2 Å². The van der Waals surface area contributed by atoms with E-state index in [-0.39, 0.29) is 18.4 Å². The minimum atomic E-state index is -0.113. The van der Waals surface area contributed by atoms with Crippen molar-refractivity contribution in [2.24, 2.45) is 0 Å². The Bertz CT molecular complexity index is 864. The molecule has 1 fully saturated rings. The van der Waals surface area contributed by atoms with E-state index in [4.69, 9.17) is 25.8 Å². The number of piperazine rings is 1. The maximum atomic E-state index is 12.8. The lowest BCUT2D eigenvalue weighted by molar-refractivity contribution is -0.134. The smallest absolute Gasteiger partial charge is 0.260 e. The minimum absolute atomic E-state index is 0.0503. The summed E-state index contributed by atoms with van der Waals surface area (Å²) in [5.41, 5.74) is 0.522. The number of carbonyl (C=O) groups is 2. The lowest BCUT2D eigenvalue weighted by atomic mass is 10.1. The summed E-state index contributed by atoms with van der Waals surface area (Å²) in [5, 5.41) is 0.610. The van der Waals surface area contributed by atoms with Crippen molar-refractivity contribution >= 4 is 23.4 Å². The van der Waals surface area contributed by atoms with E-state index in [1.54, 1.807) is 59.4 Å². The van der Waals surface area contributed by atoms with Crippen LogP contribution in [0.1, 0.15) is 10.4 Å². The van der Waals surface area contributed by atoms with Crippen LogP contribution in [0, 0.1) is 0 Å². The zero-order valence-corrected chi connectivity index (χ0v) is 17.1. The molecule has 1 saturated heterocycles. The molecule has 29 heavy (non-hydrogen) atoms. The van der Waals surface area contributed by atoms with Crippen LogP contribution in [0.4, 0.5) is 0 Å². The van der Waals surface area contributed by atoms with Crippen molar-refractivity contribution in [1.82, 2.24) is 9.80 Å². The van der Waals surface area contributed by atoms with Crippen LogP contribution in [-0.2, 0) is 4.79 Å². The van der Waals surface area contributed by atoms with Gasteiger partial charge in [-0.2, -0.15) is 0 Å². The average Bonchev–Trinajstić information content (AvgIpc) is 2.77. The van der Waals surface area contributed by atoms with Gasteiger partial charge in [0, 0.05) is 36.8 Å². The first kappa shape index (κ1) is 20.8. The second kappa shape index (κ2) is 9.52. The highest BCUT2D eigenvalue weighted by molar-refractivity contribution is 6.30. The van der Waals surface area contributed by atoms with Crippen molar-refractivity contribution in [3.63, 3.8) is 0 Å². The molecular formula is C21H23ClN2O5. The zero-order chi connectivity index (χ0) is 20.8. The normalized spacial score (nSPS) is 13.8. The molecule has 1 heterocycles. The first-order chi connectivity index (χ1) is 14.0. The van der Waals surface area contributed by atoms with Gasteiger partial charge < -0.3 is 24.0 Å². The van der Waals surface area contributed by atoms with E-state index in [0.29, 0.717) is 54.0 Å². The standard InChI is InChI=1S/C21H23ClN2O5/c1-27-18-8-3-15(13-19(18)28-2)21(26)24-11-9-23(10-12-24)20(25)14-29-17-6-4-16(22)5-7-17/h3-8,13H,9-12,14H2,1-2H3. The molecule has 7 nitrogen and oxygen atoms in total. The molecule has 0 unspecified atom stereocenters. The van der Waals surface area contributed by atoms with Crippen LogP contribution >= 0.6 is 11.6 Å². The van der Waals surface area contributed by atoms with Crippen LogP contribution in [0.3, 0.4) is 0 Å². The lowest BCUT2D eigenvalue weighted by Crippen LogP contribution is -2.51. The Morgan fingerprint density at radius 3 is 2.14 bits per heavy atom. The average molecular weight is 419 g/mol. The Hall–Kier alpha value is -2.93. The van der Waals surface area contributed by atoms with Crippen LogP contribution in [0.15, 0.2) is 42.5 Å². The second-order valence-electron chi connectivity index (χ2n) is 6.49. The molecule has 8 heteroatoms. The van der Waals surface area contributed by atoms with E-state index in [9.17, 15) is 9.59 Å². The third kappa shape index (κ3) is 5.12. The number of hydrogen-bond acceptors (Lipinski definition) is 5. The van der Waals surface area contributed by atoms with Gasteiger partial charge in [0.05, 0.1) is 14.2 Å². The Kier molecular flexibility index (Phi) is 6.82. The number of amides is 2. The summed E-state index contributed by atoms with van der Waals surface area (Å²) in [6, 6.07) is 11.9. The van der Waals surface area contributed by atoms with Gasteiger partial charge in [0.25, 0.3) is 11.8 Å². The molecule has 0 saturated carbocycles. The number of ether oxygens (including phenoxy) is 3. The van der Waals surface area contributed by atoms with E-state index in [2.05, 4.69) is 0 Å². The molecule has 2 amide bonds. The summed E-state index contributed by atoms with van der Waals surface area (Å²) in [7, 11) is 3.08. The summed E-state index contributed by atoms with van der Waals surface area (Å²) >= 11 is 5.84. The predicted octanol–water partition coefficient (Wildman–Crippen LogP) is 2.72. The van der Waals surface area contributed by atoms with Crippen molar-refractivity contribution < 1.29 is 23.8 Å². The fourth-order valence-corrected chi connectivity index (χ4v) is 3.20. The first-order valence-electron chi connectivity index (χ1n) is 9.19. The van der Waals surface area contributed by atoms with Crippen molar-refractivity contribution in [2.75, 3.05) is 47.0 Å². The zero-order valence-electron chi connectivity index (χ0n) is 16.4. The van der Waals surface area contributed by atoms with Gasteiger partial charge in [0.1, 0.15) is 5.75 Å². The Morgan fingerprint density at radius 2 is 1.52 bits per heavy atom. The topological polar surface area (TPSA) is 68.3 Å². The fourth-order valence-electron chi connectivity index (χ4n) is 3.08. The summed E-state index contributed by atoms with van der Waals surface area (Å²) in [6.45, 7) is 1.79. The van der Waals surface area contributed by atoms with E-state index >= 15 is 0 Å². The number of methoxy groups -OCH3 is 2. The Morgan fingerprint density at radius 1 is 0.897 bits per heavy atom. The third-order valence-electron chi connectivity index (χ3n) is 4.73. The number of benzene rings is 2. The Labute approximate surface area is 174 Å². The van der Waals surface area contributed by atoms with Crippen LogP contribution in [0.5, 0.6) is 17.2 Å². The molecule has 0 N–H and O–H groups in total. The van der Waals surface area contributed by atoms with Gasteiger partial charge in [-0.05, 0) is 42.5 Å². The van der Waals surface area contributed by atoms with Gasteiger partial charge in [0.2, 0.25) is 0 Å². The van der Waals surface area contributed by atoms with Crippen molar-refractivity contribution in [2.45, 2.75) is 0 Å². The number of rotatable bonds is 6. The van der Waals surface area contributed by atoms with Crippen molar-refractivity contribution in [3.8, 4) is 17.2 Å². The molecule has 0 spiro atoms. The maximum absolute atomic E-state index is 12.8. The number of hydrogen-bond donors (Lipinski definition) is 0.